The summed E-state index contributed by atoms with van der Waals surface area (Å²) in [6.45, 7) is 9.10. The lowest BCUT2D eigenvalue weighted by atomic mass is 9.95. The van der Waals surface area contributed by atoms with Crippen LogP contribution in [0.5, 0.6) is 5.75 Å². The van der Waals surface area contributed by atoms with Gasteiger partial charge in [0.15, 0.2) is 0 Å². The van der Waals surface area contributed by atoms with Crippen molar-refractivity contribution in [3.8, 4) is 5.75 Å². The van der Waals surface area contributed by atoms with Crippen LogP contribution in [0.15, 0.2) is 24.3 Å². The van der Waals surface area contributed by atoms with E-state index in [1.807, 2.05) is 24.3 Å². The SMILES string of the molecule is COc1ccc(C(NC(=O)CN2CCCC(C)C2)C(C)C)cc1. The highest BCUT2D eigenvalue weighted by atomic mass is 16.5. The zero-order chi connectivity index (χ0) is 16.8. The highest BCUT2D eigenvalue weighted by Gasteiger charge is 2.22. The van der Waals surface area contributed by atoms with Crippen LogP contribution in [0.1, 0.15) is 45.2 Å². The summed E-state index contributed by atoms with van der Waals surface area (Å²) in [5, 5.41) is 3.21. The fraction of sp³-hybridized carbons (Fsp3) is 0.632. The number of methoxy groups -OCH3 is 1. The molecular formula is C19H30N2O2. The largest absolute Gasteiger partial charge is 0.497 e. The molecule has 2 atom stereocenters. The Morgan fingerprint density at radius 1 is 1.35 bits per heavy atom. The van der Waals surface area contributed by atoms with Crippen molar-refractivity contribution in [2.24, 2.45) is 11.8 Å². The van der Waals surface area contributed by atoms with Crippen LogP contribution in [-0.4, -0.2) is 37.6 Å². The van der Waals surface area contributed by atoms with Gasteiger partial charge in [-0.05, 0) is 48.9 Å². The third-order valence-corrected chi connectivity index (χ3v) is 4.57. The molecule has 23 heavy (non-hydrogen) atoms. The summed E-state index contributed by atoms with van der Waals surface area (Å²) >= 11 is 0. The van der Waals surface area contributed by atoms with Crippen LogP contribution >= 0.6 is 0 Å². The molecule has 0 aromatic heterocycles. The molecule has 1 aliphatic rings. The van der Waals surface area contributed by atoms with Crippen LogP contribution in [0.3, 0.4) is 0 Å². The number of ether oxygens (including phenoxy) is 1. The van der Waals surface area contributed by atoms with E-state index in [1.165, 1.54) is 12.8 Å². The molecule has 1 aromatic carbocycles. The van der Waals surface area contributed by atoms with Crippen LogP contribution in [0.2, 0.25) is 0 Å². The van der Waals surface area contributed by atoms with Crippen molar-refractivity contribution in [2.75, 3.05) is 26.7 Å². The number of hydrogen-bond acceptors (Lipinski definition) is 3. The molecule has 128 valence electrons. The molecule has 1 saturated heterocycles. The average Bonchev–Trinajstić information content (AvgIpc) is 2.52. The van der Waals surface area contributed by atoms with E-state index in [0.717, 1.165) is 24.4 Å². The lowest BCUT2D eigenvalue weighted by Gasteiger charge is -2.31. The van der Waals surface area contributed by atoms with Crippen molar-refractivity contribution in [1.82, 2.24) is 10.2 Å². The van der Waals surface area contributed by atoms with Gasteiger partial charge in [0.05, 0.1) is 19.7 Å². The van der Waals surface area contributed by atoms with Crippen molar-refractivity contribution >= 4 is 5.91 Å². The van der Waals surface area contributed by atoms with Gasteiger partial charge in [-0.1, -0.05) is 32.9 Å². The third-order valence-electron chi connectivity index (χ3n) is 4.57. The van der Waals surface area contributed by atoms with Gasteiger partial charge in [0.2, 0.25) is 5.91 Å². The van der Waals surface area contributed by atoms with Gasteiger partial charge in [-0.25, -0.2) is 0 Å². The monoisotopic (exact) mass is 318 g/mol. The summed E-state index contributed by atoms with van der Waals surface area (Å²) in [7, 11) is 1.66. The molecule has 0 aliphatic carbocycles. The molecule has 0 bridgehead atoms. The van der Waals surface area contributed by atoms with Gasteiger partial charge in [0.1, 0.15) is 5.75 Å². The number of benzene rings is 1. The Labute approximate surface area is 140 Å². The molecule has 1 heterocycles. The highest BCUT2D eigenvalue weighted by Crippen LogP contribution is 2.24. The van der Waals surface area contributed by atoms with E-state index in [0.29, 0.717) is 18.4 Å². The van der Waals surface area contributed by atoms with E-state index in [-0.39, 0.29) is 11.9 Å². The number of amides is 1. The zero-order valence-electron chi connectivity index (χ0n) is 14.8. The van der Waals surface area contributed by atoms with Crippen molar-refractivity contribution in [1.29, 1.82) is 0 Å². The van der Waals surface area contributed by atoms with E-state index < -0.39 is 0 Å². The van der Waals surface area contributed by atoms with Crippen LogP contribution in [0, 0.1) is 11.8 Å². The maximum Gasteiger partial charge on any atom is 0.234 e. The van der Waals surface area contributed by atoms with Gasteiger partial charge in [-0.2, -0.15) is 0 Å². The van der Waals surface area contributed by atoms with Gasteiger partial charge >= 0.3 is 0 Å². The molecule has 1 amide bonds. The van der Waals surface area contributed by atoms with E-state index in [1.54, 1.807) is 7.11 Å². The fourth-order valence-corrected chi connectivity index (χ4v) is 3.30. The van der Waals surface area contributed by atoms with Gasteiger partial charge in [-0.3, -0.25) is 9.69 Å². The van der Waals surface area contributed by atoms with E-state index in [4.69, 9.17) is 4.74 Å². The summed E-state index contributed by atoms with van der Waals surface area (Å²) in [6, 6.07) is 8.00. The predicted molar refractivity (Wildman–Crippen MR) is 93.6 cm³/mol. The Kier molecular flexibility index (Phi) is 6.46. The number of piperidine rings is 1. The number of carbonyl (C=O) groups is 1. The van der Waals surface area contributed by atoms with Crippen LogP contribution < -0.4 is 10.1 Å². The smallest absolute Gasteiger partial charge is 0.234 e. The summed E-state index contributed by atoms with van der Waals surface area (Å²) < 4.78 is 5.21. The van der Waals surface area contributed by atoms with Crippen molar-refractivity contribution in [3.05, 3.63) is 29.8 Å². The van der Waals surface area contributed by atoms with Gasteiger partial charge in [0.25, 0.3) is 0 Å². The van der Waals surface area contributed by atoms with E-state index in [2.05, 4.69) is 31.0 Å². The molecule has 1 N–H and O–H groups in total. The van der Waals surface area contributed by atoms with E-state index in [9.17, 15) is 4.79 Å². The maximum atomic E-state index is 12.5. The standard InChI is InChI=1S/C19H30N2O2/c1-14(2)19(16-7-9-17(23-4)10-8-16)20-18(22)13-21-11-5-6-15(3)12-21/h7-10,14-15,19H,5-6,11-13H2,1-4H3,(H,20,22). The first-order valence-corrected chi connectivity index (χ1v) is 8.65. The molecule has 0 radical (unpaired) electrons. The number of nitrogens with zero attached hydrogens (tertiary/aromatic N) is 1. The Morgan fingerprint density at radius 2 is 2.04 bits per heavy atom. The molecule has 1 fully saturated rings. The summed E-state index contributed by atoms with van der Waals surface area (Å²) in [5.74, 6) is 1.99. The van der Waals surface area contributed by atoms with Crippen LogP contribution in [0.4, 0.5) is 0 Å². The topological polar surface area (TPSA) is 41.6 Å². The number of hydrogen-bond donors (Lipinski definition) is 1. The average molecular weight is 318 g/mol. The van der Waals surface area contributed by atoms with Crippen molar-refractivity contribution in [3.63, 3.8) is 0 Å². The second kappa shape index (κ2) is 8.34. The first-order valence-electron chi connectivity index (χ1n) is 8.65. The van der Waals surface area contributed by atoms with Crippen molar-refractivity contribution < 1.29 is 9.53 Å². The molecule has 4 heteroatoms. The minimum Gasteiger partial charge on any atom is -0.497 e. The zero-order valence-corrected chi connectivity index (χ0v) is 14.8. The minimum atomic E-state index is 0.0376. The molecule has 0 saturated carbocycles. The Bertz CT molecular complexity index is 499. The molecule has 4 nitrogen and oxygen atoms in total. The first kappa shape index (κ1) is 17.8. The molecule has 1 aliphatic heterocycles. The quantitative estimate of drug-likeness (QED) is 0.875. The normalized spacial score (nSPS) is 20.3. The van der Waals surface area contributed by atoms with Gasteiger partial charge < -0.3 is 10.1 Å². The number of nitrogens with one attached hydrogen (secondary N) is 1. The molecule has 2 rings (SSSR count). The third kappa shape index (κ3) is 5.24. The molecule has 0 spiro atoms. The Balaban J connectivity index is 1.96. The van der Waals surface area contributed by atoms with Gasteiger partial charge in [-0.15, -0.1) is 0 Å². The first-order chi connectivity index (χ1) is 11.0. The molecule has 2 unspecified atom stereocenters. The summed E-state index contributed by atoms with van der Waals surface area (Å²) in [6.07, 6.45) is 2.47. The molecule has 1 aromatic rings. The minimum absolute atomic E-state index is 0.0376. The van der Waals surface area contributed by atoms with Crippen LogP contribution in [0.25, 0.3) is 0 Å². The lowest BCUT2D eigenvalue weighted by Crippen LogP contribution is -2.43. The van der Waals surface area contributed by atoms with E-state index >= 15 is 0 Å². The lowest BCUT2D eigenvalue weighted by molar-refractivity contribution is -0.123. The van der Waals surface area contributed by atoms with Crippen LogP contribution in [-0.2, 0) is 4.79 Å². The second-order valence-corrected chi connectivity index (χ2v) is 7.04. The summed E-state index contributed by atoms with van der Waals surface area (Å²) in [4.78, 5) is 14.7. The molecular weight excluding hydrogens is 288 g/mol. The second-order valence-electron chi connectivity index (χ2n) is 7.04. The number of likely N-dealkylation sites (tertiary alicyclic amines) is 1. The predicted octanol–water partition coefficient (Wildman–Crippen LogP) is 3.24. The Morgan fingerprint density at radius 3 is 2.61 bits per heavy atom. The van der Waals surface area contributed by atoms with Gasteiger partial charge in [0, 0.05) is 6.54 Å². The number of carbonyl (C=O) groups excluding carboxylic acids is 1. The maximum absolute atomic E-state index is 12.5. The summed E-state index contributed by atoms with van der Waals surface area (Å²) in [5.41, 5.74) is 1.13. The highest BCUT2D eigenvalue weighted by molar-refractivity contribution is 5.78. The Hall–Kier alpha value is -1.55. The van der Waals surface area contributed by atoms with Crippen molar-refractivity contribution in [2.45, 2.75) is 39.7 Å². The fourth-order valence-electron chi connectivity index (χ4n) is 3.30. The number of rotatable bonds is 6.